The first-order valence-electron chi connectivity index (χ1n) is 7.75. The zero-order valence-electron chi connectivity index (χ0n) is 14.0. The summed E-state index contributed by atoms with van der Waals surface area (Å²) in [6, 6.07) is 13.9. The van der Waals surface area contributed by atoms with Gasteiger partial charge in [-0.05, 0) is 35.9 Å². The average Bonchev–Trinajstić information content (AvgIpc) is 2.67. The number of halogens is 1. The Labute approximate surface area is 145 Å². The van der Waals surface area contributed by atoms with Crippen molar-refractivity contribution in [2.45, 2.75) is 6.61 Å². The molecule has 5 heteroatoms. The first kappa shape index (κ1) is 16.8. The van der Waals surface area contributed by atoms with Gasteiger partial charge in [-0.1, -0.05) is 18.2 Å². The molecule has 0 saturated heterocycles. The van der Waals surface area contributed by atoms with E-state index in [4.69, 9.17) is 14.2 Å². The van der Waals surface area contributed by atoms with E-state index in [2.05, 4.69) is 4.98 Å². The summed E-state index contributed by atoms with van der Waals surface area (Å²) in [5.74, 6) is 1.15. The van der Waals surface area contributed by atoms with Gasteiger partial charge in [0.15, 0.2) is 23.1 Å². The molecule has 0 aliphatic rings. The molecule has 2 aromatic carbocycles. The van der Waals surface area contributed by atoms with E-state index in [9.17, 15) is 4.39 Å². The smallest absolute Gasteiger partial charge is 0.165 e. The number of rotatable bonds is 6. The van der Waals surface area contributed by atoms with Crippen LogP contribution in [0, 0.1) is 5.82 Å². The molecule has 0 amide bonds. The maximum absolute atomic E-state index is 13.6. The molecule has 3 rings (SSSR count). The van der Waals surface area contributed by atoms with E-state index >= 15 is 0 Å². The van der Waals surface area contributed by atoms with Crippen LogP contribution in [0.4, 0.5) is 4.39 Å². The Bertz CT molecular complexity index is 867. The van der Waals surface area contributed by atoms with Gasteiger partial charge in [-0.25, -0.2) is 4.39 Å². The van der Waals surface area contributed by atoms with Crippen molar-refractivity contribution in [1.82, 2.24) is 4.98 Å². The fourth-order valence-corrected chi connectivity index (χ4v) is 2.46. The minimum absolute atomic E-state index is 0.221. The summed E-state index contributed by atoms with van der Waals surface area (Å²) < 4.78 is 29.7. The van der Waals surface area contributed by atoms with Gasteiger partial charge in [-0.2, -0.15) is 0 Å². The molecule has 128 valence electrons. The molecule has 0 N–H and O–H groups in total. The second kappa shape index (κ2) is 7.66. The summed E-state index contributed by atoms with van der Waals surface area (Å²) in [7, 11) is 3.19. The standard InChI is InChI=1S/C20H18FNO3/c1-23-19-8-7-15(10-20(19)24-2)16-9-14(11-22-12-16)13-25-18-6-4-3-5-17(18)21/h3-12H,13H2,1-2H3. The highest BCUT2D eigenvalue weighted by Crippen LogP contribution is 2.32. The van der Waals surface area contributed by atoms with Gasteiger partial charge in [0.05, 0.1) is 14.2 Å². The van der Waals surface area contributed by atoms with Gasteiger partial charge in [0, 0.05) is 23.5 Å². The molecule has 25 heavy (non-hydrogen) atoms. The van der Waals surface area contributed by atoms with Gasteiger partial charge < -0.3 is 14.2 Å². The van der Waals surface area contributed by atoms with Crippen LogP contribution in [-0.4, -0.2) is 19.2 Å². The lowest BCUT2D eigenvalue weighted by Crippen LogP contribution is -1.98. The van der Waals surface area contributed by atoms with Gasteiger partial charge in [0.25, 0.3) is 0 Å². The third kappa shape index (κ3) is 3.88. The van der Waals surface area contributed by atoms with E-state index in [1.165, 1.54) is 6.07 Å². The molecule has 0 saturated carbocycles. The third-order valence-corrected chi connectivity index (χ3v) is 3.74. The maximum atomic E-state index is 13.6. The highest BCUT2D eigenvalue weighted by molar-refractivity contribution is 5.67. The Balaban J connectivity index is 1.81. The summed E-state index contributed by atoms with van der Waals surface area (Å²) in [4.78, 5) is 4.25. The zero-order chi connectivity index (χ0) is 17.6. The number of methoxy groups -OCH3 is 2. The number of ether oxygens (including phenoxy) is 3. The predicted molar refractivity (Wildman–Crippen MR) is 93.5 cm³/mol. The van der Waals surface area contributed by atoms with E-state index in [0.29, 0.717) is 11.5 Å². The fourth-order valence-electron chi connectivity index (χ4n) is 2.46. The van der Waals surface area contributed by atoms with E-state index in [0.717, 1.165) is 16.7 Å². The summed E-state index contributed by atoms with van der Waals surface area (Å²) in [6.45, 7) is 0.231. The first-order chi connectivity index (χ1) is 12.2. The molecule has 0 fully saturated rings. The van der Waals surface area contributed by atoms with Gasteiger partial charge in [-0.3, -0.25) is 4.98 Å². The van der Waals surface area contributed by atoms with Crippen LogP contribution >= 0.6 is 0 Å². The molecule has 0 atom stereocenters. The Morgan fingerprint density at radius 1 is 0.840 bits per heavy atom. The third-order valence-electron chi connectivity index (χ3n) is 3.74. The molecule has 0 aliphatic heterocycles. The second-order valence-corrected chi connectivity index (χ2v) is 5.37. The molecule has 0 radical (unpaired) electrons. The minimum Gasteiger partial charge on any atom is -0.493 e. The number of aromatic nitrogens is 1. The van der Waals surface area contributed by atoms with E-state index < -0.39 is 0 Å². The molecule has 0 unspecified atom stereocenters. The van der Waals surface area contributed by atoms with Crippen molar-refractivity contribution in [3.63, 3.8) is 0 Å². The molecule has 1 aromatic heterocycles. The van der Waals surface area contributed by atoms with Crippen molar-refractivity contribution in [2.24, 2.45) is 0 Å². The van der Waals surface area contributed by atoms with Crippen molar-refractivity contribution < 1.29 is 18.6 Å². The first-order valence-corrected chi connectivity index (χ1v) is 7.75. The highest BCUT2D eigenvalue weighted by atomic mass is 19.1. The van der Waals surface area contributed by atoms with E-state index in [-0.39, 0.29) is 18.2 Å². The highest BCUT2D eigenvalue weighted by Gasteiger charge is 2.08. The number of nitrogens with zero attached hydrogens (tertiary/aromatic N) is 1. The fraction of sp³-hybridized carbons (Fsp3) is 0.150. The van der Waals surface area contributed by atoms with Gasteiger partial charge >= 0.3 is 0 Å². The molecule has 1 heterocycles. The molecule has 4 nitrogen and oxygen atoms in total. The van der Waals surface area contributed by atoms with Crippen molar-refractivity contribution in [3.05, 3.63) is 72.3 Å². The Morgan fingerprint density at radius 2 is 1.64 bits per heavy atom. The lowest BCUT2D eigenvalue weighted by Gasteiger charge is -2.11. The SMILES string of the molecule is COc1ccc(-c2cncc(COc3ccccc3F)c2)cc1OC. The Hall–Kier alpha value is -3.08. The Kier molecular flexibility index (Phi) is 5.14. The number of benzene rings is 2. The van der Waals surface area contributed by atoms with Crippen molar-refractivity contribution in [2.75, 3.05) is 14.2 Å². The molecule has 0 bridgehead atoms. The molecular weight excluding hydrogens is 321 g/mol. The number of hydrogen-bond acceptors (Lipinski definition) is 4. The van der Waals surface area contributed by atoms with Gasteiger partial charge in [-0.15, -0.1) is 0 Å². The molecule has 0 spiro atoms. The van der Waals surface area contributed by atoms with Gasteiger partial charge in [0.1, 0.15) is 6.61 Å². The van der Waals surface area contributed by atoms with Crippen molar-refractivity contribution >= 4 is 0 Å². The minimum atomic E-state index is -0.383. The summed E-state index contributed by atoms with van der Waals surface area (Å²) in [6.07, 6.45) is 3.46. The average molecular weight is 339 g/mol. The van der Waals surface area contributed by atoms with Crippen molar-refractivity contribution in [1.29, 1.82) is 0 Å². The number of pyridine rings is 1. The largest absolute Gasteiger partial charge is 0.493 e. The normalized spacial score (nSPS) is 10.4. The molecular formula is C20H18FNO3. The Morgan fingerprint density at radius 3 is 2.40 bits per heavy atom. The van der Waals surface area contributed by atoms with Crippen LogP contribution < -0.4 is 14.2 Å². The predicted octanol–water partition coefficient (Wildman–Crippen LogP) is 4.48. The quantitative estimate of drug-likeness (QED) is 0.664. The van der Waals surface area contributed by atoms with Crippen LogP contribution in [0.3, 0.4) is 0 Å². The van der Waals surface area contributed by atoms with Crippen LogP contribution in [0.15, 0.2) is 60.9 Å². The number of para-hydroxylation sites is 1. The maximum Gasteiger partial charge on any atom is 0.165 e. The lowest BCUT2D eigenvalue weighted by atomic mass is 10.1. The molecule has 3 aromatic rings. The van der Waals surface area contributed by atoms with E-state index in [1.807, 2.05) is 24.3 Å². The van der Waals surface area contributed by atoms with Crippen LogP contribution in [-0.2, 0) is 6.61 Å². The van der Waals surface area contributed by atoms with Crippen LogP contribution in [0.1, 0.15) is 5.56 Å². The van der Waals surface area contributed by atoms with Crippen molar-refractivity contribution in [3.8, 4) is 28.4 Å². The van der Waals surface area contributed by atoms with Crippen LogP contribution in [0.2, 0.25) is 0 Å². The van der Waals surface area contributed by atoms with Crippen LogP contribution in [0.25, 0.3) is 11.1 Å². The lowest BCUT2D eigenvalue weighted by molar-refractivity contribution is 0.290. The summed E-state index contributed by atoms with van der Waals surface area (Å²) in [5, 5.41) is 0. The number of hydrogen-bond donors (Lipinski definition) is 0. The second-order valence-electron chi connectivity index (χ2n) is 5.37. The summed E-state index contributed by atoms with van der Waals surface area (Å²) >= 11 is 0. The topological polar surface area (TPSA) is 40.6 Å². The van der Waals surface area contributed by atoms with Gasteiger partial charge in [0.2, 0.25) is 0 Å². The van der Waals surface area contributed by atoms with E-state index in [1.54, 1.807) is 44.8 Å². The van der Waals surface area contributed by atoms with Crippen LogP contribution in [0.5, 0.6) is 17.2 Å². The monoisotopic (exact) mass is 339 g/mol. The summed E-state index contributed by atoms with van der Waals surface area (Å²) in [5.41, 5.74) is 2.70. The zero-order valence-corrected chi connectivity index (χ0v) is 14.0. The molecule has 0 aliphatic carbocycles.